The number of amides is 1. The van der Waals surface area contributed by atoms with Crippen LogP contribution in [0.2, 0.25) is 0 Å². The summed E-state index contributed by atoms with van der Waals surface area (Å²) in [7, 11) is 0. The van der Waals surface area contributed by atoms with E-state index in [4.69, 9.17) is 0 Å². The van der Waals surface area contributed by atoms with Crippen molar-refractivity contribution in [3.05, 3.63) is 24.4 Å². The Hall–Kier alpha value is -1.84. The van der Waals surface area contributed by atoms with Crippen LogP contribution in [0.4, 0.5) is 5.82 Å². The summed E-state index contributed by atoms with van der Waals surface area (Å²) in [4.78, 5) is 18.8. The largest absolute Gasteiger partial charge is 0.346 e. The molecule has 2 N–H and O–H groups in total. The zero-order chi connectivity index (χ0) is 10.3. The van der Waals surface area contributed by atoms with E-state index in [0.717, 1.165) is 23.9 Å². The van der Waals surface area contributed by atoms with E-state index in [0.29, 0.717) is 5.82 Å². The average Bonchev–Trinajstić information content (AvgIpc) is 2.98. The quantitative estimate of drug-likeness (QED) is 0.779. The summed E-state index contributed by atoms with van der Waals surface area (Å²) in [5.41, 5.74) is 0.809. The minimum atomic E-state index is 0.0911. The van der Waals surface area contributed by atoms with Gasteiger partial charge in [-0.1, -0.05) is 0 Å². The molecule has 2 aromatic rings. The molecule has 0 bridgehead atoms. The second kappa shape index (κ2) is 3.08. The molecule has 1 saturated carbocycles. The Morgan fingerprint density at radius 3 is 3.07 bits per heavy atom. The van der Waals surface area contributed by atoms with E-state index in [9.17, 15) is 4.79 Å². The molecule has 1 amide bonds. The highest BCUT2D eigenvalue weighted by molar-refractivity contribution is 5.94. The summed E-state index contributed by atoms with van der Waals surface area (Å²) in [6, 6.07) is 5.73. The van der Waals surface area contributed by atoms with Crippen LogP contribution in [0, 0.1) is 5.92 Å². The third-order valence-corrected chi connectivity index (χ3v) is 2.61. The molecule has 15 heavy (non-hydrogen) atoms. The Bertz CT molecular complexity index is 513. The van der Waals surface area contributed by atoms with Gasteiger partial charge in [0, 0.05) is 17.5 Å². The van der Waals surface area contributed by atoms with Crippen LogP contribution in [-0.4, -0.2) is 15.9 Å². The molecule has 0 aromatic carbocycles. The van der Waals surface area contributed by atoms with Crippen molar-refractivity contribution < 1.29 is 4.79 Å². The van der Waals surface area contributed by atoms with Gasteiger partial charge >= 0.3 is 0 Å². The smallest absolute Gasteiger partial charge is 0.228 e. The van der Waals surface area contributed by atoms with Crippen LogP contribution < -0.4 is 5.32 Å². The standard InChI is InChI=1S/C11H11N3O/c15-11(8-1-2-8)14-9-4-3-7-5-6-12-10(7)13-9/h3-6,8H,1-2H2,(H2,12,13,14,15). The molecular weight excluding hydrogens is 190 g/mol. The lowest BCUT2D eigenvalue weighted by Crippen LogP contribution is -2.14. The second-order valence-electron chi connectivity index (χ2n) is 3.88. The van der Waals surface area contributed by atoms with Gasteiger partial charge in [-0.25, -0.2) is 4.98 Å². The van der Waals surface area contributed by atoms with Gasteiger partial charge in [-0.15, -0.1) is 0 Å². The van der Waals surface area contributed by atoms with Crippen molar-refractivity contribution in [2.45, 2.75) is 12.8 Å². The van der Waals surface area contributed by atoms with Gasteiger partial charge in [-0.05, 0) is 31.0 Å². The zero-order valence-corrected chi connectivity index (χ0v) is 8.16. The van der Waals surface area contributed by atoms with Crippen molar-refractivity contribution in [1.82, 2.24) is 9.97 Å². The van der Waals surface area contributed by atoms with Crippen molar-refractivity contribution in [3.63, 3.8) is 0 Å². The van der Waals surface area contributed by atoms with Crippen LogP contribution in [-0.2, 0) is 4.79 Å². The number of carbonyl (C=O) groups excluding carboxylic acids is 1. The number of aromatic nitrogens is 2. The maximum absolute atomic E-state index is 11.5. The minimum absolute atomic E-state index is 0.0911. The molecule has 3 rings (SSSR count). The van der Waals surface area contributed by atoms with Crippen molar-refractivity contribution >= 4 is 22.8 Å². The Balaban J connectivity index is 1.86. The summed E-state index contributed by atoms with van der Waals surface area (Å²) in [6.45, 7) is 0. The Kier molecular flexibility index (Phi) is 1.74. The van der Waals surface area contributed by atoms with Crippen LogP contribution in [0.15, 0.2) is 24.4 Å². The summed E-state index contributed by atoms with van der Waals surface area (Å²) in [5, 5.41) is 3.87. The highest BCUT2D eigenvalue weighted by Gasteiger charge is 2.29. The van der Waals surface area contributed by atoms with Crippen molar-refractivity contribution in [3.8, 4) is 0 Å². The lowest BCUT2D eigenvalue weighted by Gasteiger charge is -2.02. The fourth-order valence-electron chi connectivity index (χ4n) is 1.57. The monoisotopic (exact) mass is 201 g/mol. The van der Waals surface area contributed by atoms with E-state index >= 15 is 0 Å². The molecule has 4 nitrogen and oxygen atoms in total. The Labute approximate surface area is 86.7 Å². The second-order valence-corrected chi connectivity index (χ2v) is 3.88. The Morgan fingerprint density at radius 2 is 2.27 bits per heavy atom. The van der Waals surface area contributed by atoms with Gasteiger partial charge in [0.15, 0.2) is 0 Å². The summed E-state index contributed by atoms with van der Waals surface area (Å²) < 4.78 is 0. The summed E-state index contributed by atoms with van der Waals surface area (Å²) in [6.07, 6.45) is 3.86. The number of pyridine rings is 1. The number of H-pyrrole nitrogens is 1. The molecule has 0 spiro atoms. The number of nitrogens with one attached hydrogen (secondary N) is 2. The van der Waals surface area contributed by atoms with E-state index in [-0.39, 0.29) is 11.8 Å². The van der Waals surface area contributed by atoms with E-state index in [1.807, 2.05) is 24.4 Å². The topological polar surface area (TPSA) is 57.8 Å². The number of hydrogen-bond acceptors (Lipinski definition) is 2. The van der Waals surface area contributed by atoms with E-state index in [1.165, 1.54) is 0 Å². The fraction of sp³-hybridized carbons (Fsp3) is 0.273. The number of anilines is 1. The lowest BCUT2D eigenvalue weighted by atomic mass is 10.3. The third-order valence-electron chi connectivity index (χ3n) is 2.61. The van der Waals surface area contributed by atoms with Gasteiger partial charge in [-0.2, -0.15) is 0 Å². The highest BCUT2D eigenvalue weighted by Crippen LogP contribution is 2.30. The van der Waals surface area contributed by atoms with Gasteiger partial charge in [0.2, 0.25) is 5.91 Å². The molecule has 76 valence electrons. The molecule has 2 aromatic heterocycles. The first kappa shape index (κ1) is 8.47. The van der Waals surface area contributed by atoms with E-state index in [2.05, 4.69) is 15.3 Å². The molecule has 0 aliphatic heterocycles. The van der Waals surface area contributed by atoms with Gasteiger partial charge in [-0.3, -0.25) is 4.79 Å². The lowest BCUT2D eigenvalue weighted by molar-refractivity contribution is -0.117. The molecule has 1 aliphatic rings. The number of fused-ring (bicyclic) bond motifs is 1. The number of carbonyl (C=O) groups is 1. The van der Waals surface area contributed by atoms with Crippen LogP contribution in [0.1, 0.15) is 12.8 Å². The molecule has 0 radical (unpaired) electrons. The minimum Gasteiger partial charge on any atom is -0.346 e. The maximum Gasteiger partial charge on any atom is 0.228 e. The molecule has 4 heteroatoms. The maximum atomic E-state index is 11.5. The van der Waals surface area contributed by atoms with Crippen LogP contribution in [0.3, 0.4) is 0 Å². The van der Waals surface area contributed by atoms with Crippen LogP contribution >= 0.6 is 0 Å². The first-order valence-electron chi connectivity index (χ1n) is 5.08. The van der Waals surface area contributed by atoms with Crippen molar-refractivity contribution in [2.75, 3.05) is 5.32 Å². The number of aromatic amines is 1. The average molecular weight is 201 g/mol. The van der Waals surface area contributed by atoms with Gasteiger partial charge in [0.25, 0.3) is 0 Å². The first-order valence-corrected chi connectivity index (χ1v) is 5.08. The molecule has 0 unspecified atom stereocenters. The number of nitrogens with zero attached hydrogens (tertiary/aromatic N) is 1. The zero-order valence-electron chi connectivity index (χ0n) is 8.16. The first-order chi connectivity index (χ1) is 7.33. The molecule has 1 fully saturated rings. The molecule has 2 heterocycles. The SMILES string of the molecule is O=C(Nc1ccc2cc[nH]c2n1)C1CC1. The van der Waals surface area contributed by atoms with E-state index < -0.39 is 0 Å². The van der Waals surface area contributed by atoms with Crippen LogP contribution in [0.25, 0.3) is 11.0 Å². The normalized spacial score (nSPS) is 15.5. The van der Waals surface area contributed by atoms with Gasteiger partial charge in [0.05, 0.1) is 0 Å². The summed E-state index contributed by atoms with van der Waals surface area (Å²) in [5.74, 6) is 0.932. The predicted octanol–water partition coefficient (Wildman–Crippen LogP) is 1.91. The van der Waals surface area contributed by atoms with Crippen molar-refractivity contribution in [2.24, 2.45) is 5.92 Å². The fourth-order valence-corrected chi connectivity index (χ4v) is 1.57. The highest BCUT2D eigenvalue weighted by atomic mass is 16.2. The third kappa shape index (κ3) is 1.58. The predicted molar refractivity (Wildman–Crippen MR) is 57.4 cm³/mol. The number of hydrogen-bond donors (Lipinski definition) is 2. The van der Waals surface area contributed by atoms with Gasteiger partial charge in [0.1, 0.15) is 11.5 Å². The number of rotatable bonds is 2. The molecule has 0 atom stereocenters. The van der Waals surface area contributed by atoms with Crippen LogP contribution in [0.5, 0.6) is 0 Å². The molecule has 1 aliphatic carbocycles. The van der Waals surface area contributed by atoms with Gasteiger partial charge < -0.3 is 10.3 Å². The summed E-state index contributed by atoms with van der Waals surface area (Å²) >= 11 is 0. The molecular formula is C11H11N3O. The molecule has 0 saturated heterocycles. The Morgan fingerprint density at radius 1 is 1.40 bits per heavy atom. The van der Waals surface area contributed by atoms with Crippen molar-refractivity contribution in [1.29, 1.82) is 0 Å². The van der Waals surface area contributed by atoms with E-state index in [1.54, 1.807) is 0 Å².